The lowest BCUT2D eigenvalue weighted by atomic mass is 10.2. The summed E-state index contributed by atoms with van der Waals surface area (Å²) in [6.07, 6.45) is 1.46. The van der Waals surface area contributed by atoms with E-state index in [0.29, 0.717) is 37.7 Å². The number of aromatic nitrogens is 2. The number of carbonyl (C=O) groups excluding carboxylic acids is 2. The number of amides is 2. The number of ether oxygens (including phenoxy) is 1. The van der Waals surface area contributed by atoms with E-state index in [0.717, 1.165) is 4.31 Å². The molecule has 0 radical (unpaired) electrons. The van der Waals surface area contributed by atoms with E-state index in [1.54, 1.807) is 27.7 Å². The zero-order valence-corrected chi connectivity index (χ0v) is 16.7. The number of hydrogen-bond acceptors (Lipinski definition) is 6. The lowest BCUT2D eigenvalue weighted by Crippen LogP contribution is -2.42. The van der Waals surface area contributed by atoms with Gasteiger partial charge in [-0.3, -0.25) is 14.2 Å². The highest BCUT2D eigenvalue weighted by molar-refractivity contribution is 7.89. The van der Waals surface area contributed by atoms with Crippen LogP contribution < -0.4 is 5.32 Å². The number of fused-ring (bicyclic) bond motifs is 3. The molecule has 1 fully saturated rings. The summed E-state index contributed by atoms with van der Waals surface area (Å²) in [6.45, 7) is 1.28. The minimum absolute atomic E-state index is 0.0606. The van der Waals surface area contributed by atoms with E-state index in [1.807, 2.05) is 0 Å². The Morgan fingerprint density at radius 1 is 1.21 bits per heavy atom. The second-order valence-electron chi connectivity index (χ2n) is 6.73. The highest BCUT2D eigenvalue weighted by Crippen LogP contribution is 2.31. The molecule has 0 spiro atoms. The van der Waals surface area contributed by atoms with Crippen LogP contribution in [-0.4, -0.2) is 78.9 Å². The molecule has 0 aliphatic carbocycles. The van der Waals surface area contributed by atoms with Gasteiger partial charge in [0, 0.05) is 20.1 Å². The van der Waals surface area contributed by atoms with Crippen molar-refractivity contribution in [2.24, 2.45) is 0 Å². The number of sulfonamides is 1. The van der Waals surface area contributed by atoms with Gasteiger partial charge in [0.25, 0.3) is 5.91 Å². The largest absolute Gasteiger partial charge is 0.378 e. The Labute approximate surface area is 168 Å². The Morgan fingerprint density at radius 2 is 1.93 bits per heavy atom. The van der Waals surface area contributed by atoms with Gasteiger partial charge in [-0.15, -0.1) is 0 Å². The highest BCUT2D eigenvalue weighted by Gasteiger charge is 2.36. The first-order valence-corrected chi connectivity index (χ1v) is 10.6. The van der Waals surface area contributed by atoms with Gasteiger partial charge in [-0.05, 0) is 12.1 Å². The standard InChI is InChI=1S/C18H21N5O5S/c1-19-16(24)11-22-10-14-17(18(25)21-6-8-28-9-7-21)20-12-23(14)13-4-2-3-5-15(13)29(22,26)27/h2-5,12H,6-11H2,1H3,(H,19,24). The van der Waals surface area contributed by atoms with Gasteiger partial charge >= 0.3 is 0 Å². The van der Waals surface area contributed by atoms with Crippen molar-refractivity contribution in [2.45, 2.75) is 11.4 Å². The first-order valence-electron chi connectivity index (χ1n) is 9.17. The Kier molecular flexibility index (Phi) is 5.11. The Bertz CT molecular complexity index is 1060. The van der Waals surface area contributed by atoms with Crippen LogP contribution in [0.3, 0.4) is 0 Å². The summed E-state index contributed by atoms with van der Waals surface area (Å²) in [5, 5.41) is 2.44. The van der Waals surface area contributed by atoms with Gasteiger partial charge in [0.05, 0.1) is 37.7 Å². The van der Waals surface area contributed by atoms with Gasteiger partial charge in [-0.25, -0.2) is 13.4 Å². The number of imidazole rings is 1. The van der Waals surface area contributed by atoms with Crippen LogP contribution in [0, 0.1) is 0 Å². The molecule has 0 bridgehead atoms. The first-order chi connectivity index (χ1) is 13.9. The fourth-order valence-corrected chi connectivity index (χ4v) is 5.01. The van der Waals surface area contributed by atoms with E-state index in [-0.39, 0.29) is 29.6 Å². The van der Waals surface area contributed by atoms with Gasteiger partial charge in [0.1, 0.15) is 11.2 Å². The molecule has 2 aromatic rings. The van der Waals surface area contributed by atoms with Crippen molar-refractivity contribution in [3.05, 3.63) is 42.0 Å². The third-order valence-corrected chi connectivity index (χ3v) is 6.87. The Morgan fingerprint density at radius 3 is 2.66 bits per heavy atom. The van der Waals surface area contributed by atoms with Crippen LogP contribution in [-0.2, 0) is 26.1 Å². The fourth-order valence-electron chi connectivity index (χ4n) is 3.47. The van der Waals surface area contributed by atoms with E-state index in [1.165, 1.54) is 19.4 Å². The van der Waals surface area contributed by atoms with Crippen molar-refractivity contribution in [1.29, 1.82) is 0 Å². The van der Waals surface area contributed by atoms with E-state index in [2.05, 4.69) is 10.3 Å². The summed E-state index contributed by atoms with van der Waals surface area (Å²) in [5.74, 6) is -0.723. The molecular weight excluding hydrogens is 398 g/mol. The van der Waals surface area contributed by atoms with Gasteiger partial charge in [0.15, 0.2) is 5.69 Å². The predicted octanol–water partition coefficient (Wildman–Crippen LogP) is -0.405. The summed E-state index contributed by atoms with van der Waals surface area (Å²) in [7, 11) is -2.51. The lowest BCUT2D eigenvalue weighted by molar-refractivity contribution is -0.120. The molecule has 0 atom stereocenters. The molecule has 2 aliphatic heterocycles. The predicted molar refractivity (Wildman–Crippen MR) is 102 cm³/mol. The van der Waals surface area contributed by atoms with Crippen molar-refractivity contribution in [1.82, 2.24) is 24.1 Å². The smallest absolute Gasteiger partial charge is 0.274 e. The number of likely N-dealkylation sites (N-methyl/N-ethyl adjacent to an activating group) is 1. The Balaban J connectivity index is 1.83. The van der Waals surface area contributed by atoms with Crippen LogP contribution >= 0.6 is 0 Å². The van der Waals surface area contributed by atoms with Gasteiger partial charge in [-0.2, -0.15) is 4.31 Å². The molecule has 2 aliphatic rings. The number of nitrogens with one attached hydrogen (secondary N) is 1. The molecule has 0 saturated carbocycles. The van der Waals surface area contributed by atoms with Crippen molar-refractivity contribution >= 4 is 21.8 Å². The lowest BCUT2D eigenvalue weighted by Gasteiger charge is -2.26. The highest BCUT2D eigenvalue weighted by atomic mass is 32.2. The summed E-state index contributed by atoms with van der Waals surface area (Å²) < 4.78 is 34.4. The number of morpholine rings is 1. The second kappa shape index (κ2) is 7.58. The van der Waals surface area contributed by atoms with Crippen molar-refractivity contribution < 1.29 is 22.7 Å². The van der Waals surface area contributed by atoms with Crippen molar-refractivity contribution in [3.8, 4) is 5.69 Å². The number of nitrogens with zero attached hydrogens (tertiary/aromatic N) is 4. The average molecular weight is 419 g/mol. The topological polar surface area (TPSA) is 114 Å². The molecule has 2 amide bonds. The molecule has 154 valence electrons. The van der Waals surface area contributed by atoms with Crippen LogP contribution in [0.15, 0.2) is 35.5 Å². The molecule has 1 saturated heterocycles. The van der Waals surface area contributed by atoms with Crippen LogP contribution in [0.25, 0.3) is 5.69 Å². The van der Waals surface area contributed by atoms with E-state index in [4.69, 9.17) is 4.74 Å². The zero-order valence-electron chi connectivity index (χ0n) is 15.9. The van der Waals surface area contributed by atoms with E-state index in [9.17, 15) is 18.0 Å². The maximum atomic E-state index is 13.2. The molecule has 1 N–H and O–H groups in total. The number of para-hydroxylation sites is 1. The quantitative estimate of drug-likeness (QED) is 0.724. The third kappa shape index (κ3) is 3.41. The maximum absolute atomic E-state index is 13.2. The molecular formula is C18H21N5O5S. The van der Waals surface area contributed by atoms with Crippen molar-refractivity contribution in [2.75, 3.05) is 39.9 Å². The van der Waals surface area contributed by atoms with Gasteiger partial charge in [-0.1, -0.05) is 12.1 Å². The molecule has 0 unspecified atom stereocenters. The normalized spacial score (nSPS) is 18.4. The van der Waals surface area contributed by atoms with Crippen LogP contribution in [0.1, 0.15) is 16.2 Å². The summed E-state index contributed by atoms with van der Waals surface area (Å²) in [5.41, 5.74) is 1.01. The van der Waals surface area contributed by atoms with Crippen LogP contribution in [0.2, 0.25) is 0 Å². The third-order valence-electron chi connectivity index (χ3n) is 5.03. The number of rotatable bonds is 3. The van der Waals surface area contributed by atoms with Gasteiger partial charge in [0.2, 0.25) is 15.9 Å². The average Bonchev–Trinajstić information content (AvgIpc) is 3.13. The SMILES string of the molecule is CNC(=O)CN1Cc2c(C(=O)N3CCOCC3)ncn2-c2ccccc2S1(=O)=O. The Hall–Kier alpha value is -2.76. The molecule has 1 aromatic carbocycles. The summed E-state index contributed by atoms with van der Waals surface area (Å²) in [6, 6.07) is 6.48. The first kappa shape index (κ1) is 19.6. The molecule has 1 aromatic heterocycles. The fraction of sp³-hybridized carbons (Fsp3) is 0.389. The van der Waals surface area contributed by atoms with Crippen LogP contribution in [0.5, 0.6) is 0 Å². The molecule has 11 heteroatoms. The monoisotopic (exact) mass is 419 g/mol. The molecule has 29 heavy (non-hydrogen) atoms. The molecule has 10 nitrogen and oxygen atoms in total. The number of carbonyl (C=O) groups is 2. The second-order valence-corrected chi connectivity index (χ2v) is 8.63. The minimum Gasteiger partial charge on any atom is -0.378 e. The molecule has 3 heterocycles. The zero-order chi connectivity index (χ0) is 20.6. The van der Waals surface area contributed by atoms with Crippen LogP contribution in [0.4, 0.5) is 0 Å². The summed E-state index contributed by atoms with van der Waals surface area (Å²) >= 11 is 0. The summed E-state index contributed by atoms with van der Waals surface area (Å²) in [4.78, 5) is 31.0. The van der Waals surface area contributed by atoms with E-state index < -0.39 is 15.9 Å². The van der Waals surface area contributed by atoms with Gasteiger partial charge < -0.3 is 15.0 Å². The number of benzene rings is 1. The number of hydrogen-bond donors (Lipinski definition) is 1. The molecule has 4 rings (SSSR count). The van der Waals surface area contributed by atoms with Crippen molar-refractivity contribution in [3.63, 3.8) is 0 Å². The van der Waals surface area contributed by atoms with E-state index >= 15 is 0 Å². The maximum Gasteiger partial charge on any atom is 0.274 e. The minimum atomic E-state index is -3.95.